The molecule has 1 aromatic heterocycles. The van der Waals surface area contributed by atoms with Crippen molar-refractivity contribution in [3.63, 3.8) is 0 Å². The first-order valence-electron chi connectivity index (χ1n) is 10.8. The molecule has 5 heteroatoms. The molecular formula is C27H23NO4. The van der Waals surface area contributed by atoms with E-state index in [1.165, 1.54) is 17.4 Å². The number of carbonyl (C=O) groups is 1. The van der Waals surface area contributed by atoms with E-state index in [1.54, 1.807) is 18.2 Å². The van der Waals surface area contributed by atoms with E-state index in [0.717, 1.165) is 24.8 Å². The number of benzene rings is 3. The van der Waals surface area contributed by atoms with Crippen LogP contribution in [0.1, 0.15) is 30.0 Å². The van der Waals surface area contributed by atoms with Gasteiger partial charge in [-0.1, -0.05) is 54.6 Å². The van der Waals surface area contributed by atoms with Gasteiger partial charge in [0.05, 0.1) is 17.0 Å². The fourth-order valence-corrected chi connectivity index (χ4v) is 4.30. The molecule has 160 valence electrons. The SMILES string of the molecule is O=C(COc1ccc2c(=O)c(-c3ccccc3)coc2c1)N[C@@H]1CCCc2ccccc21. The Kier molecular flexibility index (Phi) is 5.46. The van der Waals surface area contributed by atoms with Gasteiger partial charge in [-0.15, -0.1) is 0 Å². The Hall–Kier alpha value is -3.86. The molecule has 5 rings (SSSR count). The third-order valence-corrected chi connectivity index (χ3v) is 5.91. The van der Waals surface area contributed by atoms with Gasteiger partial charge in [-0.25, -0.2) is 0 Å². The summed E-state index contributed by atoms with van der Waals surface area (Å²) >= 11 is 0. The van der Waals surface area contributed by atoms with Crippen LogP contribution in [0.3, 0.4) is 0 Å². The van der Waals surface area contributed by atoms with E-state index in [0.29, 0.717) is 22.3 Å². The maximum atomic E-state index is 12.9. The first-order valence-corrected chi connectivity index (χ1v) is 10.8. The number of amides is 1. The molecule has 1 aliphatic rings. The number of aryl methyl sites for hydroxylation is 1. The molecule has 32 heavy (non-hydrogen) atoms. The zero-order valence-electron chi connectivity index (χ0n) is 17.5. The van der Waals surface area contributed by atoms with Gasteiger partial charge >= 0.3 is 0 Å². The minimum Gasteiger partial charge on any atom is -0.484 e. The van der Waals surface area contributed by atoms with Crippen molar-refractivity contribution in [2.75, 3.05) is 6.61 Å². The fourth-order valence-electron chi connectivity index (χ4n) is 4.30. The van der Waals surface area contributed by atoms with Crippen LogP contribution in [0.5, 0.6) is 5.75 Å². The van der Waals surface area contributed by atoms with E-state index in [2.05, 4.69) is 17.4 Å². The lowest BCUT2D eigenvalue weighted by molar-refractivity contribution is -0.123. The number of hydrogen-bond donors (Lipinski definition) is 1. The molecule has 1 aliphatic carbocycles. The Balaban J connectivity index is 1.28. The van der Waals surface area contributed by atoms with E-state index < -0.39 is 0 Å². The van der Waals surface area contributed by atoms with Gasteiger partial charge in [0.2, 0.25) is 0 Å². The third kappa shape index (κ3) is 4.02. The molecule has 0 saturated heterocycles. The van der Waals surface area contributed by atoms with Gasteiger partial charge in [0.1, 0.15) is 17.6 Å². The molecule has 0 fully saturated rings. The van der Waals surface area contributed by atoms with Gasteiger partial charge in [0.25, 0.3) is 5.91 Å². The second-order valence-electron chi connectivity index (χ2n) is 8.00. The van der Waals surface area contributed by atoms with Crippen molar-refractivity contribution in [1.82, 2.24) is 5.32 Å². The van der Waals surface area contributed by atoms with Crippen molar-refractivity contribution in [2.24, 2.45) is 0 Å². The molecule has 1 amide bonds. The lowest BCUT2D eigenvalue weighted by atomic mass is 9.88. The Morgan fingerprint density at radius 3 is 2.72 bits per heavy atom. The molecule has 1 atom stereocenters. The average Bonchev–Trinajstić information content (AvgIpc) is 2.84. The van der Waals surface area contributed by atoms with Gasteiger partial charge in [0, 0.05) is 6.07 Å². The molecule has 5 nitrogen and oxygen atoms in total. The molecule has 4 aromatic rings. The van der Waals surface area contributed by atoms with Gasteiger partial charge in [0.15, 0.2) is 12.0 Å². The van der Waals surface area contributed by atoms with Crippen LogP contribution in [0.15, 0.2) is 88.3 Å². The highest BCUT2D eigenvalue weighted by Crippen LogP contribution is 2.29. The Morgan fingerprint density at radius 1 is 1.03 bits per heavy atom. The van der Waals surface area contributed by atoms with Crippen LogP contribution >= 0.6 is 0 Å². The lowest BCUT2D eigenvalue weighted by Gasteiger charge is -2.26. The van der Waals surface area contributed by atoms with Crippen LogP contribution in [-0.4, -0.2) is 12.5 Å². The summed E-state index contributed by atoms with van der Waals surface area (Å²) in [6.45, 7) is -0.101. The zero-order valence-corrected chi connectivity index (χ0v) is 17.5. The van der Waals surface area contributed by atoms with Crippen molar-refractivity contribution < 1.29 is 13.9 Å². The molecule has 0 aliphatic heterocycles. The highest BCUT2D eigenvalue weighted by molar-refractivity contribution is 5.83. The van der Waals surface area contributed by atoms with Crippen LogP contribution in [0.25, 0.3) is 22.1 Å². The maximum absolute atomic E-state index is 12.9. The van der Waals surface area contributed by atoms with Crippen molar-refractivity contribution in [3.05, 3.63) is 100 Å². The second kappa shape index (κ2) is 8.71. The highest BCUT2D eigenvalue weighted by atomic mass is 16.5. The molecule has 0 spiro atoms. The lowest BCUT2D eigenvalue weighted by Crippen LogP contribution is -2.34. The Morgan fingerprint density at radius 2 is 1.84 bits per heavy atom. The average molecular weight is 425 g/mol. The van der Waals surface area contributed by atoms with Crippen LogP contribution in [0.2, 0.25) is 0 Å². The smallest absolute Gasteiger partial charge is 0.258 e. The monoisotopic (exact) mass is 425 g/mol. The minimum absolute atomic E-state index is 0.0158. The van der Waals surface area contributed by atoms with Crippen LogP contribution in [0, 0.1) is 0 Å². The topological polar surface area (TPSA) is 68.5 Å². The fraction of sp³-hybridized carbons (Fsp3) is 0.185. The summed E-state index contributed by atoms with van der Waals surface area (Å²) in [4.78, 5) is 25.4. The number of rotatable bonds is 5. The maximum Gasteiger partial charge on any atom is 0.258 e. The summed E-state index contributed by atoms with van der Waals surface area (Å²) in [6, 6.07) is 22.7. The first kappa shape index (κ1) is 20.1. The summed E-state index contributed by atoms with van der Waals surface area (Å²) in [6.07, 6.45) is 4.50. The van der Waals surface area contributed by atoms with Crippen LogP contribution < -0.4 is 15.5 Å². The molecule has 0 radical (unpaired) electrons. The van der Waals surface area contributed by atoms with E-state index in [-0.39, 0.29) is 24.0 Å². The quantitative estimate of drug-likeness (QED) is 0.487. The van der Waals surface area contributed by atoms with Crippen LogP contribution in [0.4, 0.5) is 0 Å². The van der Waals surface area contributed by atoms with Crippen molar-refractivity contribution in [2.45, 2.75) is 25.3 Å². The van der Waals surface area contributed by atoms with E-state index in [4.69, 9.17) is 9.15 Å². The summed E-state index contributed by atoms with van der Waals surface area (Å²) in [5.41, 5.74) is 4.13. The summed E-state index contributed by atoms with van der Waals surface area (Å²) in [7, 11) is 0. The number of carbonyl (C=O) groups excluding carboxylic acids is 1. The number of fused-ring (bicyclic) bond motifs is 2. The molecule has 0 unspecified atom stereocenters. The van der Waals surface area contributed by atoms with Gasteiger partial charge in [-0.3, -0.25) is 9.59 Å². The van der Waals surface area contributed by atoms with Crippen molar-refractivity contribution >= 4 is 16.9 Å². The third-order valence-electron chi connectivity index (χ3n) is 5.91. The van der Waals surface area contributed by atoms with E-state index in [9.17, 15) is 9.59 Å². The van der Waals surface area contributed by atoms with E-state index in [1.807, 2.05) is 42.5 Å². The standard InChI is InChI=1S/C27H23NO4/c29-26(28-24-12-6-10-18-9-4-5-11-21(18)24)17-31-20-13-14-22-25(15-20)32-16-23(27(22)30)19-7-2-1-3-8-19/h1-5,7-9,11,13-16,24H,6,10,12,17H2,(H,28,29)/t24-/m1/s1. The number of nitrogens with one attached hydrogen (secondary N) is 1. The molecule has 3 aromatic carbocycles. The Bertz CT molecular complexity index is 1330. The van der Waals surface area contributed by atoms with Crippen molar-refractivity contribution in [3.8, 4) is 16.9 Å². The summed E-state index contributed by atoms with van der Waals surface area (Å²) in [5.74, 6) is 0.306. The minimum atomic E-state index is -0.173. The van der Waals surface area contributed by atoms with Gasteiger partial charge in [-0.05, 0) is 48.1 Å². The summed E-state index contributed by atoms with van der Waals surface area (Å²) < 4.78 is 11.4. The largest absolute Gasteiger partial charge is 0.484 e. The molecule has 1 N–H and O–H groups in total. The highest BCUT2D eigenvalue weighted by Gasteiger charge is 2.21. The predicted octanol–water partition coefficient (Wildman–Crippen LogP) is 5.03. The zero-order chi connectivity index (χ0) is 21.9. The molecular weight excluding hydrogens is 402 g/mol. The molecule has 1 heterocycles. The predicted molar refractivity (Wildman–Crippen MR) is 124 cm³/mol. The molecule has 0 saturated carbocycles. The summed E-state index contributed by atoms with van der Waals surface area (Å²) in [5, 5.41) is 3.55. The number of hydrogen-bond acceptors (Lipinski definition) is 4. The van der Waals surface area contributed by atoms with Crippen molar-refractivity contribution in [1.29, 1.82) is 0 Å². The van der Waals surface area contributed by atoms with Gasteiger partial charge in [-0.2, -0.15) is 0 Å². The van der Waals surface area contributed by atoms with Crippen LogP contribution in [-0.2, 0) is 11.2 Å². The normalized spacial score (nSPS) is 15.2. The first-order chi connectivity index (χ1) is 15.7. The second-order valence-corrected chi connectivity index (χ2v) is 8.00. The van der Waals surface area contributed by atoms with Gasteiger partial charge < -0.3 is 14.5 Å². The van der Waals surface area contributed by atoms with E-state index >= 15 is 0 Å². The molecule has 0 bridgehead atoms. The Labute approximate surface area is 185 Å². The number of ether oxygens (including phenoxy) is 1.